The highest BCUT2D eigenvalue weighted by atomic mass is 32.2. The number of ether oxygens (including phenoxy) is 1. The number of anilines is 1. The van der Waals surface area contributed by atoms with E-state index in [4.69, 9.17) is 4.74 Å². The lowest BCUT2D eigenvalue weighted by Crippen LogP contribution is -2.57. The first-order valence-electron chi connectivity index (χ1n) is 13.0. The number of carbonyl (C=O) groups is 2. The minimum atomic E-state index is -3.41. The SMILES string of the molecule is C[C@H](C(=O)N[C@H](COCc1ccccc1)C(=O)N1CCC2(CC1)CN(S(C)(=O)=O)c1ccccc12)N(C)C. The fraction of sp³-hybridized carbons (Fsp3) is 0.500. The number of nitrogens with zero attached hydrogens (tertiary/aromatic N) is 3. The van der Waals surface area contributed by atoms with Crippen molar-refractivity contribution in [2.75, 3.05) is 50.9 Å². The topological polar surface area (TPSA) is 99.3 Å². The number of amides is 2. The zero-order chi connectivity index (χ0) is 27.5. The molecule has 0 aliphatic carbocycles. The van der Waals surface area contributed by atoms with E-state index in [0.717, 1.165) is 16.8 Å². The van der Waals surface area contributed by atoms with Crippen LogP contribution >= 0.6 is 0 Å². The summed E-state index contributed by atoms with van der Waals surface area (Å²) in [6.45, 7) is 3.51. The first kappa shape index (κ1) is 28.1. The molecule has 0 unspecified atom stereocenters. The number of carbonyl (C=O) groups excluding carboxylic acids is 2. The summed E-state index contributed by atoms with van der Waals surface area (Å²) in [5, 5.41) is 2.90. The first-order chi connectivity index (χ1) is 18.0. The molecule has 38 heavy (non-hydrogen) atoms. The number of piperidine rings is 1. The summed E-state index contributed by atoms with van der Waals surface area (Å²) in [5.74, 6) is -0.419. The first-order valence-corrected chi connectivity index (χ1v) is 14.8. The number of hydrogen-bond acceptors (Lipinski definition) is 6. The van der Waals surface area contributed by atoms with Crippen molar-refractivity contribution in [3.63, 3.8) is 0 Å². The van der Waals surface area contributed by atoms with Gasteiger partial charge in [-0.15, -0.1) is 0 Å². The predicted molar refractivity (Wildman–Crippen MR) is 147 cm³/mol. The second-order valence-electron chi connectivity index (χ2n) is 10.6. The van der Waals surface area contributed by atoms with Gasteiger partial charge in [0, 0.05) is 25.0 Å². The Kier molecular flexibility index (Phi) is 8.44. The van der Waals surface area contributed by atoms with Gasteiger partial charge in [-0.3, -0.25) is 18.8 Å². The maximum atomic E-state index is 13.7. The summed E-state index contributed by atoms with van der Waals surface area (Å²) in [4.78, 5) is 30.1. The molecule has 1 saturated heterocycles. The van der Waals surface area contributed by atoms with Gasteiger partial charge in [-0.05, 0) is 51.1 Å². The van der Waals surface area contributed by atoms with Gasteiger partial charge in [-0.1, -0.05) is 48.5 Å². The van der Waals surface area contributed by atoms with Crippen LogP contribution in [0.1, 0.15) is 30.9 Å². The van der Waals surface area contributed by atoms with Crippen molar-refractivity contribution in [1.82, 2.24) is 15.1 Å². The minimum Gasteiger partial charge on any atom is -0.374 e. The van der Waals surface area contributed by atoms with Crippen molar-refractivity contribution in [1.29, 1.82) is 0 Å². The summed E-state index contributed by atoms with van der Waals surface area (Å²) in [7, 11) is 0.220. The van der Waals surface area contributed by atoms with Gasteiger partial charge < -0.3 is 15.0 Å². The average Bonchev–Trinajstić information content (AvgIpc) is 3.22. The molecule has 1 N–H and O–H groups in total. The summed E-state index contributed by atoms with van der Waals surface area (Å²) in [6, 6.07) is 16.1. The smallest absolute Gasteiger partial charge is 0.247 e. The van der Waals surface area contributed by atoms with Crippen LogP contribution in [0.15, 0.2) is 54.6 Å². The molecular formula is C28H38N4O5S. The molecule has 0 bridgehead atoms. The standard InChI is InChI=1S/C28H38N4O5S/c1-21(30(2)3)26(33)29-24(19-37-18-22-10-6-5-7-11-22)27(34)31-16-14-28(15-17-31)20-32(38(4,35)36)25-13-9-8-12-23(25)28/h5-13,21,24H,14-20H2,1-4H3,(H,29,33)/t21-,24-/m1/s1. The number of sulfonamides is 1. The van der Waals surface area contributed by atoms with E-state index in [-0.39, 0.29) is 23.8 Å². The lowest BCUT2D eigenvalue weighted by Gasteiger charge is -2.41. The van der Waals surface area contributed by atoms with Crippen LogP contribution in [0.4, 0.5) is 5.69 Å². The van der Waals surface area contributed by atoms with Gasteiger partial charge in [0.05, 0.1) is 31.2 Å². The Morgan fingerprint density at radius 2 is 1.68 bits per heavy atom. The molecular weight excluding hydrogens is 504 g/mol. The Hall–Kier alpha value is -2.95. The normalized spacial score (nSPS) is 18.3. The van der Waals surface area contributed by atoms with Crippen LogP contribution < -0.4 is 9.62 Å². The number of fused-ring (bicyclic) bond motifs is 2. The van der Waals surface area contributed by atoms with E-state index >= 15 is 0 Å². The molecule has 9 nitrogen and oxygen atoms in total. The lowest BCUT2D eigenvalue weighted by atomic mass is 9.74. The number of likely N-dealkylation sites (N-methyl/N-ethyl adjacent to an activating group) is 1. The molecule has 2 aromatic carbocycles. The van der Waals surface area contributed by atoms with Gasteiger partial charge in [0.1, 0.15) is 6.04 Å². The zero-order valence-corrected chi connectivity index (χ0v) is 23.4. The molecule has 0 saturated carbocycles. The summed E-state index contributed by atoms with van der Waals surface area (Å²) in [6.07, 6.45) is 2.52. The Morgan fingerprint density at radius 1 is 1.05 bits per heavy atom. The van der Waals surface area contributed by atoms with Gasteiger partial charge in [0.25, 0.3) is 0 Å². The Balaban J connectivity index is 1.46. The molecule has 1 spiro atoms. The van der Waals surface area contributed by atoms with E-state index in [9.17, 15) is 18.0 Å². The van der Waals surface area contributed by atoms with Gasteiger partial charge in [0.15, 0.2) is 0 Å². The number of likely N-dealkylation sites (tertiary alicyclic amines) is 1. The highest BCUT2D eigenvalue weighted by Gasteiger charge is 2.47. The Bertz CT molecular complexity index is 1240. The quantitative estimate of drug-likeness (QED) is 0.520. The minimum absolute atomic E-state index is 0.0615. The fourth-order valence-corrected chi connectivity index (χ4v) is 6.25. The molecule has 4 rings (SSSR count). The number of hydrogen-bond donors (Lipinski definition) is 1. The molecule has 2 aliphatic rings. The average molecular weight is 543 g/mol. The maximum absolute atomic E-state index is 13.7. The van der Waals surface area contributed by atoms with Crippen LogP contribution in [0, 0.1) is 0 Å². The van der Waals surface area contributed by atoms with E-state index in [0.29, 0.717) is 39.1 Å². The summed E-state index contributed by atoms with van der Waals surface area (Å²) < 4.78 is 32.4. The Labute approximate surface area is 225 Å². The van der Waals surface area contributed by atoms with E-state index in [1.807, 2.05) is 68.7 Å². The molecule has 206 valence electrons. The van der Waals surface area contributed by atoms with Crippen molar-refractivity contribution >= 4 is 27.5 Å². The molecule has 2 amide bonds. The van der Waals surface area contributed by atoms with Crippen LogP contribution in [0.2, 0.25) is 0 Å². The number of benzene rings is 2. The van der Waals surface area contributed by atoms with Crippen LogP contribution in [0.5, 0.6) is 0 Å². The summed E-state index contributed by atoms with van der Waals surface area (Å²) >= 11 is 0. The van der Waals surface area contributed by atoms with Crippen LogP contribution in [0.25, 0.3) is 0 Å². The molecule has 0 aromatic heterocycles. The Morgan fingerprint density at radius 3 is 2.32 bits per heavy atom. The molecule has 10 heteroatoms. The van der Waals surface area contributed by atoms with Crippen molar-refractivity contribution in [2.45, 2.75) is 43.9 Å². The third-order valence-corrected chi connectivity index (χ3v) is 8.91. The van der Waals surface area contributed by atoms with Crippen molar-refractivity contribution in [3.05, 3.63) is 65.7 Å². The van der Waals surface area contributed by atoms with E-state index < -0.39 is 22.1 Å². The second-order valence-corrected chi connectivity index (χ2v) is 12.5. The largest absolute Gasteiger partial charge is 0.374 e. The third kappa shape index (κ3) is 6.03. The molecule has 2 heterocycles. The molecule has 0 radical (unpaired) electrons. The van der Waals surface area contributed by atoms with Gasteiger partial charge in [0.2, 0.25) is 21.8 Å². The molecule has 2 aliphatic heterocycles. The molecule has 1 fully saturated rings. The predicted octanol–water partition coefficient (Wildman–Crippen LogP) is 1.98. The van der Waals surface area contributed by atoms with E-state index in [1.54, 1.807) is 16.7 Å². The van der Waals surface area contributed by atoms with Gasteiger partial charge in [-0.25, -0.2) is 8.42 Å². The summed E-state index contributed by atoms with van der Waals surface area (Å²) in [5.41, 5.74) is 2.40. The fourth-order valence-electron chi connectivity index (χ4n) is 5.25. The monoisotopic (exact) mass is 542 g/mol. The third-order valence-electron chi connectivity index (χ3n) is 7.79. The van der Waals surface area contributed by atoms with Crippen LogP contribution in [-0.4, -0.2) is 88.7 Å². The lowest BCUT2D eigenvalue weighted by molar-refractivity contribution is -0.140. The second kappa shape index (κ2) is 11.4. The van der Waals surface area contributed by atoms with Crippen LogP contribution in [-0.2, 0) is 36.4 Å². The number of rotatable bonds is 9. The van der Waals surface area contributed by atoms with E-state index in [2.05, 4.69) is 5.32 Å². The highest BCUT2D eigenvalue weighted by Crippen LogP contribution is 2.47. The van der Waals surface area contributed by atoms with E-state index in [1.165, 1.54) is 10.6 Å². The highest BCUT2D eigenvalue weighted by molar-refractivity contribution is 7.92. The van der Waals surface area contributed by atoms with Crippen molar-refractivity contribution < 1.29 is 22.7 Å². The molecule has 2 aromatic rings. The number of para-hydroxylation sites is 1. The van der Waals surface area contributed by atoms with Crippen LogP contribution in [0.3, 0.4) is 0 Å². The van der Waals surface area contributed by atoms with Gasteiger partial charge in [-0.2, -0.15) is 0 Å². The van der Waals surface area contributed by atoms with Crippen molar-refractivity contribution in [2.24, 2.45) is 0 Å². The van der Waals surface area contributed by atoms with Gasteiger partial charge >= 0.3 is 0 Å². The zero-order valence-electron chi connectivity index (χ0n) is 22.6. The van der Waals surface area contributed by atoms with Crippen molar-refractivity contribution in [3.8, 4) is 0 Å². The maximum Gasteiger partial charge on any atom is 0.247 e. The molecule has 2 atom stereocenters. The number of nitrogens with one attached hydrogen (secondary N) is 1.